The maximum Gasteiger partial charge on any atom is 0.329 e. The maximum absolute atomic E-state index is 13.0. The van der Waals surface area contributed by atoms with Gasteiger partial charge in [0, 0.05) is 29.3 Å². The van der Waals surface area contributed by atoms with Crippen LogP contribution in [0, 0.1) is 0 Å². The third-order valence-electron chi connectivity index (χ3n) is 4.55. The molecular formula is C21H38N8O4. The van der Waals surface area contributed by atoms with Crippen molar-refractivity contribution in [1.29, 1.82) is 0 Å². The van der Waals surface area contributed by atoms with Crippen LogP contribution in [0.1, 0.15) is 85.5 Å². The second kappa shape index (κ2) is 17.6. The summed E-state index contributed by atoms with van der Waals surface area (Å²) in [5.74, 6) is -1.25. The summed E-state index contributed by atoms with van der Waals surface area (Å²) in [6.07, 6.45) is 4.79. The Bertz CT molecular complexity index is 710. The fraction of sp³-hybridized carbons (Fsp3) is 0.857. The molecule has 0 saturated heterocycles. The lowest BCUT2D eigenvalue weighted by molar-refractivity contribution is -0.159. The number of nitrogens with one attached hydrogen (secondary N) is 2. The number of rotatable bonds is 17. The molecule has 0 radical (unpaired) electrons. The van der Waals surface area contributed by atoms with E-state index in [0.29, 0.717) is 64.5 Å². The van der Waals surface area contributed by atoms with Gasteiger partial charge in [0.15, 0.2) is 0 Å². The summed E-state index contributed by atoms with van der Waals surface area (Å²) < 4.78 is 5.45. The van der Waals surface area contributed by atoms with Crippen molar-refractivity contribution in [3.8, 4) is 0 Å². The van der Waals surface area contributed by atoms with Gasteiger partial charge in [-0.25, -0.2) is 4.79 Å². The number of azide groups is 2. The monoisotopic (exact) mass is 466 g/mol. The Morgan fingerprint density at radius 1 is 0.879 bits per heavy atom. The average Bonchev–Trinajstić information content (AvgIpc) is 2.74. The van der Waals surface area contributed by atoms with Gasteiger partial charge in [-0.15, -0.1) is 0 Å². The summed E-state index contributed by atoms with van der Waals surface area (Å²) in [4.78, 5) is 43.3. The summed E-state index contributed by atoms with van der Waals surface area (Å²) in [6.45, 7) is 7.80. The highest BCUT2D eigenvalue weighted by Crippen LogP contribution is 2.13. The molecule has 0 unspecified atom stereocenters. The Hall–Kier alpha value is -2.97. The largest absolute Gasteiger partial charge is 0.458 e. The van der Waals surface area contributed by atoms with Crippen molar-refractivity contribution in [3.63, 3.8) is 0 Å². The molecule has 0 rings (SSSR count). The smallest absolute Gasteiger partial charge is 0.329 e. The molecular weight excluding hydrogens is 428 g/mol. The number of ether oxygens (including phenoxy) is 1. The molecule has 2 N–H and O–H groups in total. The Balaban J connectivity index is 5.25. The van der Waals surface area contributed by atoms with Gasteiger partial charge in [-0.1, -0.05) is 36.4 Å². The van der Waals surface area contributed by atoms with Crippen LogP contribution in [0.15, 0.2) is 10.2 Å². The highest BCUT2D eigenvalue weighted by molar-refractivity contribution is 5.90. The van der Waals surface area contributed by atoms with E-state index in [0.717, 1.165) is 6.42 Å². The second-order valence-electron chi connectivity index (χ2n) is 8.72. The van der Waals surface area contributed by atoms with Crippen molar-refractivity contribution < 1.29 is 19.1 Å². The Kier molecular flexibility index (Phi) is 16.0. The van der Waals surface area contributed by atoms with Crippen LogP contribution in [0.4, 0.5) is 0 Å². The molecule has 2 amide bonds. The van der Waals surface area contributed by atoms with Crippen molar-refractivity contribution in [2.24, 2.45) is 10.2 Å². The molecule has 2 atom stereocenters. The number of esters is 1. The molecule has 0 aromatic rings. The lowest BCUT2D eigenvalue weighted by atomic mass is 10.1. The van der Waals surface area contributed by atoms with Crippen LogP contribution < -0.4 is 10.6 Å². The van der Waals surface area contributed by atoms with Crippen LogP contribution in [-0.2, 0) is 19.1 Å². The normalized spacial score (nSPS) is 12.5. The fourth-order valence-electron chi connectivity index (χ4n) is 2.92. The third-order valence-corrected chi connectivity index (χ3v) is 4.55. The molecule has 186 valence electrons. The average molecular weight is 467 g/mol. The second-order valence-corrected chi connectivity index (χ2v) is 8.72. The highest BCUT2D eigenvalue weighted by atomic mass is 16.6. The molecule has 0 aliphatic rings. The van der Waals surface area contributed by atoms with Crippen LogP contribution in [-0.4, -0.2) is 48.6 Å². The first-order chi connectivity index (χ1) is 15.6. The topological polar surface area (TPSA) is 182 Å². The third kappa shape index (κ3) is 16.3. The van der Waals surface area contributed by atoms with Crippen molar-refractivity contribution in [1.82, 2.24) is 10.6 Å². The zero-order valence-electron chi connectivity index (χ0n) is 20.2. The SMILES string of the molecule is CCCCC(=O)N[C@@H](CCCCN=[N+]=[N-])C(=O)N[C@@H](CCCCN=[N+]=[N-])C(=O)OC(C)(C)C. The molecule has 0 bridgehead atoms. The van der Waals surface area contributed by atoms with Gasteiger partial charge in [-0.05, 0) is 63.9 Å². The number of unbranched alkanes of at least 4 members (excludes halogenated alkanes) is 3. The molecule has 12 heteroatoms. The molecule has 0 heterocycles. The number of carbonyl (C=O) groups excluding carboxylic acids is 3. The van der Waals surface area contributed by atoms with E-state index in [2.05, 4.69) is 30.7 Å². The van der Waals surface area contributed by atoms with E-state index < -0.39 is 29.6 Å². The summed E-state index contributed by atoms with van der Waals surface area (Å²) in [5, 5.41) is 12.4. The summed E-state index contributed by atoms with van der Waals surface area (Å²) >= 11 is 0. The minimum Gasteiger partial charge on any atom is -0.458 e. The lowest BCUT2D eigenvalue weighted by Gasteiger charge is -2.26. The molecule has 0 aliphatic heterocycles. The lowest BCUT2D eigenvalue weighted by Crippen LogP contribution is -2.52. The summed E-state index contributed by atoms with van der Waals surface area (Å²) in [6, 6.07) is -1.70. The number of hydrogen-bond acceptors (Lipinski definition) is 6. The van der Waals surface area contributed by atoms with Gasteiger partial charge >= 0.3 is 5.97 Å². The van der Waals surface area contributed by atoms with Crippen molar-refractivity contribution >= 4 is 17.8 Å². The number of amides is 2. The molecule has 0 saturated carbocycles. The van der Waals surface area contributed by atoms with Crippen LogP contribution in [0.2, 0.25) is 0 Å². The van der Waals surface area contributed by atoms with E-state index in [-0.39, 0.29) is 5.91 Å². The van der Waals surface area contributed by atoms with Crippen molar-refractivity contribution in [2.45, 2.75) is 103 Å². The maximum atomic E-state index is 13.0. The van der Waals surface area contributed by atoms with Crippen LogP contribution in [0.3, 0.4) is 0 Å². The summed E-state index contributed by atoms with van der Waals surface area (Å²) in [7, 11) is 0. The molecule has 0 spiro atoms. The molecule has 0 aliphatic carbocycles. The number of hydrogen-bond donors (Lipinski definition) is 2. The predicted octanol–water partition coefficient (Wildman–Crippen LogP) is 4.45. The van der Waals surface area contributed by atoms with Gasteiger partial charge in [-0.2, -0.15) is 0 Å². The van der Waals surface area contributed by atoms with E-state index in [1.165, 1.54) is 0 Å². The first kappa shape index (κ1) is 30.0. The quantitative estimate of drug-likeness (QED) is 0.106. The van der Waals surface area contributed by atoms with Crippen LogP contribution in [0.5, 0.6) is 0 Å². The van der Waals surface area contributed by atoms with E-state index in [1.807, 2.05) is 6.92 Å². The minimum absolute atomic E-state index is 0.227. The molecule has 33 heavy (non-hydrogen) atoms. The fourth-order valence-corrected chi connectivity index (χ4v) is 2.92. The summed E-state index contributed by atoms with van der Waals surface area (Å²) in [5.41, 5.74) is 16.0. The van der Waals surface area contributed by atoms with Gasteiger partial charge in [0.1, 0.15) is 17.7 Å². The minimum atomic E-state index is -0.888. The predicted molar refractivity (Wildman–Crippen MR) is 125 cm³/mol. The van der Waals surface area contributed by atoms with Gasteiger partial charge in [0.05, 0.1) is 0 Å². The van der Waals surface area contributed by atoms with Gasteiger partial charge < -0.3 is 15.4 Å². The van der Waals surface area contributed by atoms with Crippen molar-refractivity contribution in [2.75, 3.05) is 13.1 Å². The van der Waals surface area contributed by atoms with Crippen LogP contribution in [0.25, 0.3) is 20.9 Å². The van der Waals surface area contributed by atoms with Gasteiger partial charge in [-0.3, -0.25) is 9.59 Å². The molecule has 0 fully saturated rings. The molecule has 12 nitrogen and oxygen atoms in total. The van der Waals surface area contributed by atoms with Gasteiger partial charge in [0.2, 0.25) is 11.8 Å². The standard InChI is InChI=1S/C21H38N8O4/c1-5-6-13-18(30)26-16(11-7-9-14-24-28-22)19(31)27-17(12-8-10-15-25-29-23)20(32)33-21(2,3)4/h16-17H,5-15H2,1-4H3,(H,26,30)(H,27,31)/t16-,17-/m0/s1. The number of carbonyl (C=O) groups is 3. The van der Waals surface area contributed by atoms with E-state index in [4.69, 9.17) is 15.8 Å². The van der Waals surface area contributed by atoms with E-state index in [9.17, 15) is 14.4 Å². The molecule has 0 aromatic heterocycles. The first-order valence-electron chi connectivity index (χ1n) is 11.5. The van der Waals surface area contributed by atoms with E-state index in [1.54, 1.807) is 20.8 Å². The zero-order valence-corrected chi connectivity index (χ0v) is 20.2. The van der Waals surface area contributed by atoms with Gasteiger partial charge in [0.25, 0.3) is 0 Å². The van der Waals surface area contributed by atoms with Crippen molar-refractivity contribution in [3.05, 3.63) is 20.9 Å². The number of nitrogens with zero attached hydrogens (tertiary/aromatic N) is 6. The Labute approximate surface area is 195 Å². The molecule has 0 aromatic carbocycles. The van der Waals surface area contributed by atoms with E-state index >= 15 is 0 Å². The highest BCUT2D eigenvalue weighted by Gasteiger charge is 2.29. The Morgan fingerprint density at radius 3 is 1.91 bits per heavy atom. The Morgan fingerprint density at radius 2 is 1.42 bits per heavy atom. The first-order valence-corrected chi connectivity index (χ1v) is 11.5. The van der Waals surface area contributed by atoms with Crippen LogP contribution >= 0.6 is 0 Å². The zero-order chi connectivity index (χ0) is 25.1.